The maximum Gasteiger partial charge on any atom is 0.167 e. The lowest BCUT2D eigenvalue weighted by molar-refractivity contribution is 0.955. The Hall–Kier alpha value is -0.810. The standard InChI is InChI=1S/C6H7BrN4/c7-5-2-9-11-3-4(1-8)10-6(5)11/h2-3,9H,1,8H2. The van der Waals surface area contributed by atoms with Gasteiger partial charge in [-0.2, -0.15) is 0 Å². The summed E-state index contributed by atoms with van der Waals surface area (Å²) in [5.74, 6) is 0. The van der Waals surface area contributed by atoms with E-state index in [1.54, 1.807) is 0 Å². The van der Waals surface area contributed by atoms with Crippen molar-refractivity contribution in [3.63, 3.8) is 0 Å². The fourth-order valence-electron chi connectivity index (χ4n) is 0.985. The number of nitrogens with two attached hydrogens (primary N) is 1. The van der Waals surface area contributed by atoms with Crippen LogP contribution in [-0.2, 0) is 6.54 Å². The van der Waals surface area contributed by atoms with E-state index >= 15 is 0 Å². The molecule has 0 amide bonds. The zero-order valence-corrected chi connectivity index (χ0v) is 7.30. The molecule has 0 radical (unpaired) electrons. The highest BCUT2D eigenvalue weighted by molar-refractivity contribution is 9.10. The van der Waals surface area contributed by atoms with Crippen molar-refractivity contribution in [2.75, 3.05) is 0 Å². The fraction of sp³-hybridized carbons (Fsp3) is 0.167. The van der Waals surface area contributed by atoms with Crippen LogP contribution in [-0.4, -0.2) is 14.6 Å². The molecule has 4 nitrogen and oxygen atoms in total. The molecule has 0 spiro atoms. The van der Waals surface area contributed by atoms with Crippen molar-refractivity contribution in [3.8, 4) is 0 Å². The number of nitrogens with zero attached hydrogens (tertiary/aromatic N) is 2. The van der Waals surface area contributed by atoms with Gasteiger partial charge in [0, 0.05) is 12.7 Å². The first kappa shape index (κ1) is 6.87. The second kappa shape index (κ2) is 2.35. The van der Waals surface area contributed by atoms with E-state index in [2.05, 4.69) is 26.0 Å². The van der Waals surface area contributed by atoms with E-state index in [0.717, 1.165) is 15.8 Å². The third-order valence-electron chi connectivity index (χ3n) is 1.51. The Morgan fingerprint density at radius 1 is 1.73 bits per heavy atom. The summed E-state index contributed by atoms with van der Waals surface area (Å²) in [4.78, 5) is 4.25. The van der Waals surface area contributed by atoms with Gasteiger partial charge in [0.2, 0.25) is 0 Å². The van der Waals surface area contributed by atoms with E-state index in [0.29, 0.717) is 6.54 Å². The van der Waals surface area contributed by atoms with Crippen LogP contribution >= 0.6 is 15.9 Å². The summed E-state index contributed by atoms with van der Waals surface area (Å²) in [6, 6.07) is 0. The quantitative estimate of drug-likeness (QED) is 0.741. The molecule has 0 unspecified atom stereocenters. The molecule has 2 aromatic heterocycles. The SMILES string of the molecule is NCc1cn2[nH]cc(Br)c2n1. The zero-order chi connectivity index (χ0) is 7.84. The number of hydrogen-bond donors (Lipinski definition) is 2. The lowest BCUT2D eigenvalue weighted by Gasteiger charge is -1.81. The molecule has 2 rings (SSSR count). The molecule has 5 heteroatoms. The molecule has 58 valence electrons. The van der Waals surface area contributed by atoms with E-state index in [9.17, 15) is 0 Å². The molecular formula is C6H7BrN4. The van der Waals surface area contributed by atoms with Gasteiger partial charge in [0.1, 0.15) is 0 Å². The second-order valence-corrected chi connectivity index (χ2v) is 3.11. The number of H-pyrrole nitrogens is 1. The van der Waals surface area contributed by atoms with Gasteiger partial charge in [0.25, 0.3) is 0 Å². The van der Waals surface area contributed by atoms with Crippen LogP contribution in [0.15, 0.2) is 16.9 Å². The summed E-state index contributed by atoms with van der Waals surface area (Å²) in [5, 5.41) is 2.99. The van der Waals surface area contributed by atoms with Crippen LogP contribution in [0.3, 0.4) is 0 Å². The first-order valence-corrected chi connectivity index (χ1v) is 4.01. The molecule has 0 aliphatic heterocycles. The summed E-state index contributed by atoms with van der Waals surface area (Å²) in [6.45, 7) is 0.474. The van der Waals surface area contributed by atoms with Crippen molar-refractivity contribution in [1.29, 1.82) is 0 Å². The van der Waals surface area contributed by atoms with Crippen molar-refractivity contribution >= 4 is 21.6 Å². The topological polar surface area (TPSA) is 59.1 Å². The van der Waals surface area contributed by atoms with Crippen molar-refractivity contribution in [2.45, 2.75) is 6.54 Å². The fourth-order valence-corrected chi connectivity index (χ4v) is 1.37. The number of hydrogen-bond acceptors (Lipinski definition) is 2. The Morgan fingerprint density at radius 2 is 2.55 bits per heavy atom. The zero-order valence-electron chi connectivity index (χ0n) is 5.71. The summed E-state index contributed by atoms with van der Waals surface area (Å²) in [6.07, 6.45) is 3.71. The Labute approximate surface area is 71.5 Å². The average molecular weight is 215 g/mol. The molecule has 0 saturated heterocycles. The summed E-state index contributed by atoms with van der Waals surface area (Å²) in [5.41, 5.74) is 7.18. The second-order valence-electron chi connectivity index (χ2n) is 2.25. The number of aromatic amines is 1. The minimum atomic E-state index is 0.474. The van der Waals surface area contributed by atoms with E-state index in [4.69, 9.17) is 5.73 Å². The largest absolute Gasteiger partial charge is 0.325 e. The van der Waals surface area contributed by atoms with Crippen LogP contribution in [0.4, 0.5) is 0 Å². The summed E-state index contributed by atoms with van der Waals surface area (Å²) < 4.78 is 2.78. The Kier molecular flexibility index (Phi) is 1.47. The molecule has 0 aromatic carbocycles. The monoisotopic (exact) mass is 214 g/mol. The molecule has 0 bridgehead atoms. The molecular weight excluding hydrogens is 208 g/mol. The van der Waals surface area contributed by atoms with Gasteiger partial charge < -0.3 is 5.73 Å². The van der Waals surface area contributed by atoms with Gasteiger partial charge >= 0.3 is 0 Å². The molecule has 11 heavy (non-hydrogen) atoms. The number of fused-ring (bicyclic) bond motifs is 1. The first-order valence-electron chi connectivity index (χ1n) is 3.22. The van der Waals surface area contributed by atoms with Gasteiger partial charge in [-0.25, -0.2) is 9.50 Å². The van der Waals surface area contributed by atoms with Crippen LogP contribution in [0.1, 0.15) is 5.69 Å². The first-order chi connectivity index (χ1) is 5.31. The Bertz CT molecular complexity index is 375. The predicted molar refractivity (Wildman–Crippen MR) is 45.1 cm³/mol. The van der Waals surface area contributed by atoms with Gasteiger partial charge in [-0.1, -0.05) is 0 Å². The highest BCUT2D eigenvalue weighted by atomic mass is 79.9. The van der Waals surface area contributed by atoms with Crippen LogP contribution < -0.4 is 5.73 Å². The molecule has 0 atom stereocenters. The maximum atomic E-state index is 5.42. The van der Waals surface area contributed by atoms with Crippen molar-refractivity contribution in [3.05, 3.63) is 22.6 Å². The minimum absolute atomic E-state index is 0.474. The lowest BCUT2D eigenvalue weighted by atomic mass is 10.5. The summed E-state index contributed by atoms with van der Waals surface area (Å²) >= 11 is 3.35. The van der Waals surface area contributed by atoms with Gasteiger partial charge in [-0.15, -0.1) is 0 Å². The molecule has 0 fully saturated rings. The summed E-state index contributed by atoms with van der Waals surface area (Å²) in [7, 11) is 0. The van der Waals surface area contributed by atoms with Crippen LogP contribution in [0, 0.1) is 0 Å². The number of aromatic nitrogens is 3. The van der Waals surface area contributed by atoms with Crippen molar-refractivity contribution in [1.82, 2.24) is 14.6 Å². The third-order valence-corrected chi connectivity index (χ3v) is 2.09. The van der Waals surface area contributed by atoms with E-state index in [-0.39, 0.29) is 0 Å². The van der Waals surface area contributed by atoms with E-state index in [1.165, 1.54) is 0 Å². The molecule has 0 aliphatic carbocycles. The van der Waals surface area contributed by atoms with E-state index < -0.39 is 0 Å². The van der Waals surface area contributed by atoms with Crippen LogP contribution in [0.5, 0.6) is 0 Å². The number of rotatable bonds is 1. The van der Waals surface area contributed by atoms with Crippen molar-refractivity contribution in [2.24, 2.45) is 5.73 Å². The highest BCUT2D eigenvalue weighted by Crippen LogP contribution is 2.15. The third kappa shape index (κ3) is 0.965. The molecule has 2 heterocycles. The minimum Gasteiger partial charge on any atom is -0.325 e. The molecule has 3 N–H and O–H groups in total. The number of nitrogens with one attached hydrogen (secondary N) is 1. The maximum absolute atomic E-state index is 5.42. The number of halogens is 1. The smallest absolute Gasteiger partial charge is 0.167 e. The van der Waals surface area contributed by atoms with Gasteiger partial charge in [0.15, 0.2) is 5.65 Å². The van der Waals surface area contributed by atoms with Gasteiger partial charge in [-0.3, -0.25) is 5.10 Å². The number of imidazole rings is 1. The van der Waals surface area contributed by atoms with Crippen molar-refractivity contribution < 1.29 is 0 Å². The molecule has 0 saturated carbocycles. The van der Waals surface area contributed by atoms with E-state index in [1.807, 2.05) is 16.9 Å². The van der Waals surface area contributed by atoms with Gasteiger partial charge in [0.05, 0.1) is 16.4 Å². The Balaban J connectivity index is 2.70. The van der Waals surface area contributed by atoms with Crippen LogP contribution in [0.2, 0.25) is 0 Å². The van der Waals surface area contributed by atoms with Gasteiger partial charge in [-0.05, 0) is 15.9 Å². The molecule has 2 aromatic rings. The molecule has 0 aliphatic rings. The lowest BCUT2D eigenvalue weighted by Crippen LogP contribution is -1.95. The predicted octanol–water partition coefficient (Wildman–Crippen LogP) is 0.884. The average Bonchev–Trinajstić information content (AvgIpc) is 2.53. The Morgan fingerprint density at radius 3 is 3.18 bits per heavy atom. The highest BCUT2D eigenvalue weighted by Gasteiger charge is 2.03. The normalized spacial score (nSPS) is 11.1. The van der Waals surface area contributed by atoms with Crippen LogP contribution in [0.25, 0.3) is 5.65 Å².